The second kappa shape index (κ2) is 8.86. The van der Waals surface area contributed by atoms with E-state index in [0.717, 1.165) is 61.2 Å². The maximum atomic E-state index is 12.5. The molecule has 0 radical (unpaired) electrons. The summed E-state index contributed by atoms with van der Waals surface area (Å²) in [5.74, 6) is -0.00164. The smallest absolute Gasteiger partial charge is 0.238 e. The molecule has 0 atom stereocenters. The van der Waals surface area contributed by atoms with Gasteiger partial charge in [0.15, 0.2) is 0 Å². The normalized spacial score (nSPS) is 15.5. The van der Waals surface area contributed by atoms with Crippen LogP contribution in [0.25, 0.3) is 11.0 Å². The van der Waals surface area contributed by atoms with Gasteiger partial charge in [-0.1, -0.05) is 18.2 Å². The fourth-order valence-electron chi connectivity index (χ4n) is 3.56. The monoisotopic (exact) mass is 410 g/mol. The van der Waals surface area contributed by atoms with Crippen LogP contribution in [0.5, 0.6) is 0 Å². The Morgan fingerprint density at radius 1 is 1.03 bits per heavy atom. The number of carbonyl (C=O) groups excluding carboxylic acids is 1. The topological polar surface area (TPSA) is 64.6 Å². The van der Waals surface area contributed by atoms with Crippen molar-refractivity contribution in [1.29, 1.82) is 0 Å². The Labute approximate surface area is 175 Å². The Balaban J connectivity index is 1.25. The van der Waals surface area contributed by atoms with Crippen molar-refractivity contribution in [3.05, 3.63) is 48.0 Å². The third kappa shape index (κ3) is 4.90. The molecular formula is C21H26N6OS. The molecule has 7 nitrogen and oxygen atoms in total. The Hall–Kier alpha value is -2.55. The average Bonchev–Trinajstić information content (AvgIpc) is 3.20. The quantitative estimate of drug-likeness (QED) is 0.674. The fraction of sp³-hybridized carbons (Fsp3) is 0.381. The lowest BCUT2D eigenvalue weighted by Gasteiger charge is -2.34. The van der Waals surface area contributed by atoms with Crippen molar-refractivity contribution < 1.29 is 4.79 Å². The molecule has 1 fully saturated rings. The predicted octanol–water partition coefficient (Wildman–Crippen LogP) is 2.51. The number of nitrogens with one attached hydrogen (secondary N) is 1. The molecule has 0 saturated carbocycles. The van der Waals surface area contributed by atoms with Crippen LogP contribution in [0.15, 0.2) is 42.5 Å². The first kappa shape index (κ1) is 19.8. The molecule has 0 aliphatic carbocycles. The summed E-state index contributed by atoms with van der Waals surface area (Å²) >= 11 is 1.16. The number of hydrogen-bond donors (Lipinski definition) is 1. The van der Waals surface area contributed by atoms with Gasteiger partial charge in [-0.15, -0.1) is 0 Å². The summed E-state index contributed by atoms with van der Waals surface area (Å²) < 4.78 is 8.50. The van der Waals surface area contributed by atoms with Crippen LogP contribution in [0.2, 0.25) is 0 Å². The third-order valence-corrected chi connectivity index (χ3v) is 5.79. The molecule has 0 unspecified atom stereocenters. The van der Waals surface area contributed by atoms with Gasteiger partial charge in [0, 0.05) is 52.5 Å². The maximum absolute atomic E-state index is 12.5. The third-order valence-electron chi connectivity index (χ3n) is 5.25. The highest BCUT2D eigenvalue weighted by Gasteiger charge is 2.19. The van der Waals surface area contributed by atoms with Crippen LogP contribution in [0, 0.1) is 0 Å². The highest BCUT2D eigenvalue weighted by Crippen LogP contribution is 2.21. The summed E-state index contributed by atoms with van der Waals surface area (Å²) in [6, 6.07) is 14.4. The van der Waals surface area contributed by atoms with Crippen LogP contribution in [-0.4, -0.2) is 71.3 Å². The highest BCUT2D eigenvalue weighted by atomic mass is 32.1. The first-order valence-corrected chi connectivity index (χ1v) is 10.5. The SMILES string of the molecule is CN(C)c1ccc(CN2CCN(CC(=O)Nc3cccc4nsnc34)CC2)cc1. The largest absolute Gasteiger partial charge is 0.378 e. The highest BCUT2D eigenvalue weighted by molar-refractivity contribution is 7.00. The zero-order valence-electron chi connectivity index (χ0n) is 16.8. The van der Waals surface area contributed by atoms with Crippen molar-refractivity contribution in [3.8, 4) is 0 Å². The predicted molar refractivity (Wildman–Crippen MR) is 119 cm³/mol. The van der Waals surface area contributed by atoms with Gasteiger partial charge < -0.3 is 10.2 Å². The molecule has 4 rings (SSSR count). The van der Waals surface area contributed by atoms with Crippen molar-refractivity contribution in [1.82, 2.24) is 18.5 Å². The van der Waals surface area contributed by atoms with Gasteiger partial charge in [-0.2, -0.15) is 8.75 Å². The Kier molecular flexibility index (Phi) is 6.03. The number of nitrogens with zero attached hydrogens (tertiary/aromatic N) is 5. The van der Waals surface area contributed by atoms with Gasteiger partial charge in [0.25, 0.3) is 0 Å². The number of fused-ring (bicyclic) bond motifs is 1. The molecule has 1 N–H and O–H groups in total. The Morgan fingerprint density at radius 2 is 1.76 bits per heavy atom. The molecule has 0 bridgehead atoms. The van der Waals surface area contributed by atoms with Crippen LogP contribution in [0.3, 0.4) is 0 Å². The van der Waals surface area contributed by atoms with Crippen LogP contribution >= 0.6 is 11.7 Å². The summed E-state index contributed by atoms with van der Waals surface area (Å²) in [6.07, 6.45) is 0. The summed E-state index contributed by atoms with van der Waals surface area (Å²) in [5.41, 5.74) is 4.86. The molecule has 0 spiro atoms. The maximum Gasteiger partial charge on any atom is 0.238 e. The van der Waals surface area contributed by atoms with Crippen molar-refractivity contribution in [2.24, 2.45) is 0 Å². The van der Waals surface area contributed by atoms with Gasteiger partial charge in [0.2, 0.25) is 5.91 Å². The fourth-order valence-corrected chi connectivity index (χ4v) is 4.11. The van der Waals surface area contributed by atoms with Crippen LogP contribution in [0.1, 0.15) is 5.56 Å². The van der Waals surface area contributed by atoms with Gasteiger partial charge in [-0.25, -0.2) is 0 Å². The van der Waals surface area contributed by atoms with Crippen molar-refractivity contribution in [2.75, 3.05) is 57.0 Å². The number of anilines is 2. The minimum absolute atomic E-state index is 0.00164. The molecular weight excluding hydrogens is 384 g/mol. The minimum atomic E-state index is -0.00164. The van der Waals surface area contributed by atoms with E-state index in [9.17, 15) is 4.79 Å². The Bertz CT molecular complexity index is 963. The van der Waals surface area contributed by atoms with Crippen LogP contribution in [0.4, 0.5) is 11.4 Å². The number of amides is 1. The summed E-state index contributed by atoms with van der Waals surface area (Å²) in [7, 11) is 4.11. The van der Waals surface area contributed by atoms with E-state index in [2.05, 4.69) is 67.1 Å². The molecule has 29 heavy (non-hydrogen) atoms. The van der Waals surface area contributed by atoms with E-state index in [1.807, 2.05) is 18.2 Å². The molecule has 2 aromatic carbocycles. The Morgan fingerprint density at radius 3 is 2.48 bits per heavy atom. The minimum Gasteiger partial charge on any atom is -0.378 e. The molecule has 8 heteroatoms. The van der Waals surface area contributed by atoms with Gasteiger partial charge in [-0.05, 0) is 29.8 Å². The zero-order valence-corrected chi connectivity index (χ0v) is 17.7. The first-order chi connectivity index (χ1) is 14.1. The van der Waals surface area contributed by atoms with Crippen molar-refractivity contribution in [3.63, 3.8) is 0 Å². The molecule has 2 heterocycles. The van der Waals surface area contributed by atoms with Crippen LogP contribution < -0.4 is 10.2 Å². The van der Waals surface area contributed by atoms with Crippen molar-refractivity contribution >= 4 is 40.0 Å². The van der Waals surface area contributed by atoms with Gasteiger partial charge in [0.05, 0.1) is 24.0 Å². The standard InChI is InChI=1S/C21H26N6OS/c1-25(2)17-8-6-16(7-9-17)14-26-10-12-27(13-11-26)15-20(28)22-18-4-3-5-19-21(18)24-29-23-19/h3-9H,10-15H2,1-2H3,(H,22,28). The first-order valence-electron chi connectivity index (χ1n) is 9.80. The van der Waals surface area contributed by atoms with E-state index in [-0.39, 0.29) is 5.91 Å². The van der Waals surface area contributed by atoms with E-state index in [0.29, 0.717) is 6.54 Å². The number of benzene rings is 2. The molecule has 1 aromatic heterocycles. The van der Waals surface area contributed by atoms with E-state index in [1.54, 1.807) is 0 Å². The van der Waals surface area contributed by atoms with Crippen LogP contribution in [-0.2, 0) is 11.3 Å². The lowest BCUT2D eigenvalue weighted by molar-refractivity contribution is -0.117. The van der Waals surface area contributed by atoms with Gasteiger partial charge in [0.1, 0.15) is 11.0 Å². The second-order valence-electron chi connectivity index (χ2n) is 7.60. The van der Waals surface area contributed by atoms with E-state index in [1.165, 1.54) is 11.3 Å². The second-order valence-corrected chi connectivity index (χ2v) is 8.13. The molecule has 1 amide bonds. The van der Waals surface area contributed by atoms with Gasteiger partial charge in [-0.3, -0.25) is 14.6 Å². The zero-order chi connectivity index (χ0) is 20.2. The summed E-state index contributed by atoms with van der Waals surface area (Å²) in [5, 5.41) is 2.99. The molecule has 3 aromatic rings. The number of piperazine rings is 1. The number of carbonyl (C=O) groups is 1. The molecule has 1 aliphatic rings. The molecule has 152 valence electrons. The lowest BCUT2D eigenvalue weighted by Crippen LogP contribution is -2.48. The number of rotatable bonds is 6. The molecule has 1 saturated heterocycles. The number of aromatic nitrogens is 2. The van der Waals surface area contributed by atoms with Crippen molar-refractivity contribution in [2.45, 2.75) is 6.54 Å². The van der Waals surface area contributed by atoms with E-state index < -0.39 is 0 Å². The number of hydrogen-bond acceptors (Lipinski definition) is 7. The van der Waals surface area contributed by atoms with E-state index >= 15 is 0 Å². The average molecular weight is 411 g/mol. The van der Waals surface area contributed by atoms with E-state index in [4.69, 9.17) is 0 Å². The lowest BCUT2D eigenvalue weighted by atomic mass is 10.1. The van der Waals surface area contributed by atoms with Gasteiger partial charge >= 0.3 is 0 Å². The molecule has 1 aliphatic heterocycles. The summed E-state index contributed by atoms with van der Waals surface area (Å²) in [6.45, 7) is 5.08. The summed E-state index contributed by atoms with van der Waals surface area (Å²) in [4.78, 5) is 19.3.